The van der Waals surface area contributed by atoms with Crippen LogP contribution in [0.2, 0.25) is 0 Å². The molecule has 140 valence electrons. The summed E-state index contributed by atoms with van der Waals surface area (Å²) in [7, 11) is 0. The highest BCUT2D eigenvalue weighted by atomic mass is 19.1. The van der Waals surface area contributed by atoms with E-state index < -0.39 is 11.8 Å². The normalized spacial score (nSPS) is 25.3. The number of piperidine rings is 1. The van der Waals surface area contributed by atoms with Gasteiger partial charge in [0.2, 0.25) is 11.8 Å². The van der Waals surface area contributed by atoms with Crippen LogP contribution in [0.25, 0.3) is 0 Å². The summed E-state index contributed by atoms with van der Waals surface area (Å²) in [6, 6.07) is 5.62. The first-order valence-corrected chi connectivity index (χ1v) is 9.17. The molecule has 26 heavy (non-hydrogen) atoms. The number of benzene rings is 1. The van der Waals surface area contributed by atoms with E-state index in [4.69, 9.17) is 9.47 Å². The Morgan fingerprint density at radius 1 is 1.15 bits per heavy atom. The number of ether oxygens (including phenoxy) is 2. The van der Waals surface area contributed by atoms with Crippen molar-refractivity contribution in [3.63, 3.8) is 0 Å². The van der Waals surface area contributed by atoms with Crippen molar-refractivity contribution < 1.29 is 23.5 Å². The molecule has 0 radical (unpaired) electrons. The summed E-state index contributed by atoms with van der Waals surface area (Å²) < 4.78 is 24.5. The van der Waals surface area contributed by atoms with Crippen molar-refractivity contribution in [2.24, 2.45) is 0 Å². The molecule has 3 fully saturated rings. The van der Waals surface area contributed by atoms with Gasteiger partial charge in [-0.05, 0) is 24.1 Å². The van der Waals surface area contributed by atoms with E-state index in [1.165, 1.54) is 12.1 Å². The lowest BCUT2D eigenvalue weighted by molar-refractivity contribution is -0.188. The van der Waals surface area contributed by atoms with Crippen LogP contribution in [0.4, 0.5) is 4.39 Å². The van der Waals surface area contributed by atoms with Crippen molar-refractivity contribution in [3.8, 4) is 0 Å². The van der Waals surface area contributed by atoms with E-state index >= 15 is 0 Å². The smallest absolute Gasteiger partial charge is 0.245 e. The maximum atomic E-state index is 13.1. The van der Waals surface area contributed by atoms with E-state index in [0.717, 1.165) is 5.56 Å². The molecule has 0 unspecified atom stereocenters. The summed E-state index contributed by atoms with van der Waals surface area (Å²) in [4.78, 5) is 28.7. The molecule has 1 aromatic carbocycles. The van der Waals surface area contributed by atoms with E-state index in [9.17, 15) is 14.0 Å². The summed E-state index contributed by atoms with van der Waals surface area (Å²) >= 11 is 0. The predicted molar refractivity (Wildman–Crippen MR) is 90.4 cm³/mol. The minimum Gasteiger partial charge on any atom is -0.347 e. The molecule has 1 aromatic rings. The zero-order valence-electron chi connectivity index (χ0n) is 14.7. The second-order valence-corrected chi connectivity index (χ2v) is 7.14. The molecule has 3 aliphatic rings. The number of carbonyl (C=O) groups is 2. The third-order valence-electron chi connectivity index (χ3n) is 5.53. The van der Waals surface area contributed by atoms with Gasteiger partial charge in [-0.2, -0.15) is 0 Å². The Bertz CT molecular complexity index is 677. The average molecular weight is 362 g/mol. The van der Waals surface area contributed by atoms with Crippen molar-refractivity contribution in [2.45, 2.75) is 44.1 Å². The molecule has 0 aliphatic carbocycles. The lowest BCUT2D eigenvalue weighted by Gasteiger charge is -2.39. The van der Waals surface area contributed by atoms with Crippen LogP contribution in [0.15, 0.2) is 24.3 Å². The van der Waals surface area contributed by atoms with Crippen LogP contribution in [0, 0.1) is 5.82 Å². The van der Waals surface area contributed by atoms with E-state index in [1.807, 2.05) is 4.90 Å². The molecule has 3 aliphatic heterocycles. The lowest BCUT2D eigenvalue weighted by atomic mass is 10.0. The number of halogens is 1. The molecule has 0 bridgehead atoms. The molecular weight excluding hydrogens is 339 g/mol. The standard InChI is InChI=1S/C19H23FN2O4/c20-15-3-1-14(2-4-15)13-22-16(5-6-17(22)23)18(24)21-9-7-19(8-10-21)25-11-12-26-19/h1-4,16H,5-13H2/t16-/m1/s1. The molecule has 3 heterocycles. The van der Waals surface area contributed by atoms with E-state index in [0.29, 0.717) is 58.5 Å². The van der Waals surface area contributed by atoms with Crippen molar-refractivity contribution in [1.82, 2.24) is 9.80 Å². The van der Waals surface area contributed by atoms with Crippen LogP contribution in [0.3, 0.4) is 0 Å². The molecular formula is C19H23FN2O4. The van der Waals surface area contributed by atoms with E-state index in [2.05, 4.69) is 0 Å². The van der Waals surface area contributed by atoms with Crippen LogP contribution >= 0.6 is 0 Å². The van der Waals surface area contributed by atoms with Gasteiger partial charge >= 0.3 is 0 Å². The van der Waals surface area contributed by atoms with Gasteiger partial charge in [0.15, 0.2) is 5.79 Å². The number of hydrogen-bond donors (Lipinski definition) is 0. The number of nitrogens with zero attached hydrogens (tertiary/aromatic N) is 2. The van der Waals surface area contributed by atoms with Gasteiger partial charge in [0.25, 0.3) is 0 Å². The quantitative estimate of drug-likeness (QED) is 0.821. The zero-order valence-corrected chi connectivity index (χ0v) is 14.7. The third kappa shape index (κ3) is 3.33. The SMILES string of the molecule is O=C([C@H]1CCC(=O)N1Cc1ccc(F)cc1)N1CCC2(CC1)OCCO2. The fourth-order valence-corrected chi connectivity index (χ4v) is 4.04. The van der Waals surface area contributed by atoms with E-state index in [1.54, 1.807) is 17.0 Å². The summed E-state index contributed by atoms with van der Waals surface area (Å²) in [6.45, 7) is 2.70. The van der Waals surface area contributed by atoms with Crippen LogP contribution < -0.4 is 0 Å². The fourth-order valence-electron chi connectivity index (χ4n) is 4.04. The monoisotopic (exact) mass is 362 g/mol. The van der Waals surface area contributed by atoms with Gasteiger partial charge in [0.05, 0.1) is 13.2 Å². The zero-order chi connectivity index (χ0) is 18.1. The number of carbonyl (C=O) groups excluding carboxylic acids is 2. The van der Waals surface area contributed by atoms with Gasteiger partial charge < -0.3 is 19.3 Å². The van der Waals surface area contributed by atoms with Crippen LogP contribution in [-0.4, -0.2) is 59.7 Å². The highest BCUT2D eigenvalue weighted by molar-refractivity contribution is 5.91. The molecule has 6 nitrogen and oxygen atoms in total. The number of likely N-dealkylation sites (tertiary alicyclic amines) is 2. The lowest BCUT2D eigenvalue weighted by Crippen LogP contribution is -2.52. The van der Waals surface area contributed by atoms with Crippen molar-refractivity contribution >= 4 is 11.8 Å². The Labute approximate surface area is 151 Å². The minimum atomic E-state index is -0.518. The van der Waals surface area contributed by atoms with Gasteiger partial charge in [0, 0.05) is 38.9 Å². The van der Waals surface area contributed by atoms with Crippen molar-refractivity contribution in [2.75, 3.05) is 26.3 Å². The summed E-state index contributed by atoms with van der Waals surface area (Å²) in [5, 5.41) is 0. The van der Waals surface area contributed by atoms with Gasteiger partial charge in [-0.3, -0.25) is 9.59 Å². The minimum absolute atomic E-state index is 0.00851. The number of hydrogen-bond acceptors (Lipinski definition) is 4. The van der Waals surface area contributed by atoms with Crippen molar-refractivity contribution in [1.29, 1.82) is 0 Å². The molecule has 1 atom stereocenters. The summed E-state index contributed by atoms with van der Waals surface area (Å²) in [5.41, 5.74) is 0.824. The Hall–Kier alpha value is -1.99. The van der Waals surface area contributed by atoms with Gasteiger partial charge in [0.1, 0.15) is 11.9 Å². The van der Waals surface area contributed by atoms with Crippen LogP contribution in [0.1, 0.15) is 31.2 Å². The Morgan fingerprint density at radius 2 is 1.81 bits per heavy atom. The molecule has 4 rings (SSSR count). The predicted octanol–water partition coefficient (Wildman–Crippen LogP) is 1.68. The highest BCUT2D eigenvalue weighted by Crippen LogP contribution is 2.32. The first kappa shape index (κ1) is 17.4. The Kier molecular flexibility index (Phi) is 4.67. The average Bonchev–Trinajstić information content (AvgIpc) is 3.25. The second-order valence-electron chi connectivity index (χ2n) is 7.14. The molecule has 0 aromatic heterocycles. The summed E-state index contributed by atoms with van der Waals surface area (Å²) in [5.74, 6) is -0.863. The van der Waals surface area contributed by atoms with Crippen LogP contribution in [0.5, 0.6) is 0 Å². The van der Waals surface area contributed by atoms with Crippen molar-refractivity contribution in [3.05, 3.63) is 35.6 Å². The molecule has 1 spiro atoms. The third-order valence-corrected chi connectivity index (χ3v) is 5.53. The van der Waals surface area contributed by atoms with E-state index in [-0.39, 0.29) is 17.6 Å². The molecule has 0 N–H and O–H groups in total. The Morgan fingerprint density at radius 3 is 2.46 bits per heavy atom. The molecule has 2 amide bonds. The number of amides is 2. The molecule has 7 heteroatoms. The Balaban J connectivity index is 1.41. The largest absolute Gasteiger partial charge is 0.347 e. The maximum Gasteiger partial charge on any atom is 0.245 e. The fraction of sp³-hybridized carbons (Fsp3) is 0.579. The van der Waals surface area contributed by atoms with Gasteiger partial charge in [-0.15, -0.1) is 0 Å². The molecule has 3 saturated heterocycles. The number of rotatable bonds is 3. The topological polar surface area (TPSA) is 59.1 Å². The first-order chi connectivity index (χ1) is 12.6. The molecule has 0 saturated carbocycles. The second kappa shape index (κ2) is 6.96. The summed E-state index contributed by atoms with van der Waals surface area (Å²) in [6.07, 6.45) is 2.24. The highest BCUT2D eigenvalue weighted by Gasteiger charge is 2.44. The van der Waals surface area contributed by atoms with Gasteiger partial charge in [-0.25, -0.2) is 4.39 Å². The first-order valence-electron chi connectivity index (χ1n) is 9.17. The van der Waals surface area contributed by atoms with Gasteiger partial charge in [-0.1, -0.05) is 12.1 Å². The van der Waals surface area contributed by atoms with Crippen LogP contribution in [-0.2, 0) is 25.6 Å². The maximum absolute atomic E-state index is 13.1.